The molecule has 2 rings (SSSR count). The summed E-state index contributed by atoms with van der Waals surface area (Å²) in [7, 11) is 0. The standard InChI is InChI=1S/C13H14F2N2OS/c14-9-4-3-8(10(15)6-9)5-11(18)17-12(13(16)19)7-1-2-7/h3-4,6-7,12H,1-2,5H2,(H2,16,19)(H,17,18). The predicted molar refractivity (Wildman–Crippen MR) is 71.5 cm³/mol. The summed E-state index contributed by atoms with van der Waals surface area (Å²) in [5.41, 5.74) is 5.71. The maximum Gasteiger partial charge on any atom is 0.225 e. The van der Waals surface area contributed by atoms with Crippen LogP contribution in [-0.4, -0.2) is 16.9 Å². The van der Waals surface area contributed by atoms with Crippen molar-refractivity contribution in [1.29, 1.82) is 0 Å². The van der Waals surface area contributed by atoms with Gasteiger partial charge in [0.25, 0.3) is 0 Å². The van der Waals surface area contributed by atoms with E-state index in [1.54, 1.807) is 0 Å². The average molecular weight is 284 g/mol. The Balaban J connectivity index is 1.98. The summed E-state index contributed by atoms with van der Waals surface area (Å²) in [5, 5.41) is 2.70. The van der Waals surface area contributed by atoms with Gasteiger partial charge in [-0.25, -0.2) is 8.78 Å². The first kappa shape index (κ1) is 13.9. The van der Waals surface area contributed by atoms with Crippen LogP contribution in [0.5, 0.6) is 0 Å². The van der Waals surface area contributed by atoms with Gasteiger partial charge in [-0.05, 0) is 30.4 Å². The number of carbonyl (C=O) groups excluding carboxylic acids is 1. The Morgan fingerprint density at radius 1 is 1.47 bits per heavy atom. The van der Waals surface area contributed by atoms with Gasteiger partial charge in [0.2, 0.25) is 5.91 Å². The minimum absolute atomic E-state index is 0.149. The number of amides is 1. The van der Waals surface area contributed by atoms with Gasteiger partial charge in [0.15, 0.2) is 0 Å². The number of nitrogens with two attached hydrogens (primary N) is 1. The molecule has 19 heavy (non-hydrogen) atoms. The summed E-state index contributed by atoms with van der Waals surface area (Å²) < 4.78 is 26.1. The van der Waals surface area contributed by atoms with Gasteiger partial charge in [-0.15, -0.1) is 0 Å². The first-order valence-electron chi connectivity index (χ1n) is 6.00. The van der Waals surface area contributed by atoms with Crippen LogP contribution in [0.3, 0.4) is 0 Å². The van der Waals surface area contributed by atoms with Crippen LogP contribution in [0, 0.1) is 17.6 Å². The van der Waals surface area contributed by atoms with Crippen LogP contribution in [0.25, 0.3) is 0 Å². The molecule has 0 spiro atoms. The van der Waals surface area contributed by atoms with Crippen molar-refractivity contribution in [3.63, 3.8) is 0 Å². The molecule has 6 heteroatoms. The summed E-state index contributed by atoms with van der Waals surface area (Å²) in [5.74, 6) is -1.47. The summed E-state index contributed by atoms with van der Waals surface area (Å²) in [6, 6.07) is 2.81. The quantitative estimate of drug-likeness (QED) is 0.809. The van der Waals surface area contributed by atoms with E-state index in [1.165, 1.54) is 6.07 Å². The number of thiocarbonyl (C=S) groups is 1. The maximum atomic E-state index is 13.4. The zero-order valence-electron chi connectivity index (χ0n) is 10.2. The summed E-state index contributed by atoms with van der Waals surface area (Å²) >= 11 is 4.90. The van der Waals surface area contributed by atoms with Crippen molar-refractivity contribution in [2.75, 3.05) is 0 Å². The lowest BCUT2D eigenvalue weighted by molar-refractivity contribution is -0.120. The number of hydrogen-bond donors (Lipinski definition) is 2. The first-order valence-corrected chi connectivity index (χ1v) is 6.41. The van der Waals surface area contributed by atoms with Gasteiger partial charge < -0.3 is 11.1 Å². The van der Waals surface area contributed by atoms with Crippen LogP contribution < -0.4 is 11.1 Å². The van der Waals surface area contributed by atoms with Crippen LogP contribution in [0.1, 0.15) is 18.4 Å². The van der Waals surface area contributed by atoms with Gasteiger partial charge in [-0.2, -0.15) is 0 Å². The van der Waals surface area contributed by atoms with Gasteiger partial charge in [-0.3, -0.25) is 4.79 Å². The van der Waals surface area contributed by atoms with Crippen LogP contribution in [0.4, 0.5) is 8.78 Å². The Morgan fingerprint density at radius 3 is 2.68 bits per heavy atom. The summed E-state index contributed by atoms with van der Waals surface area (Å²) in [6.07, 6.45) is 1.80. The van der Waals surface area contributed by atoms with E-state index in [0.717, 1.165) is 25.0 Å². The molecular formula is C13H14F2N2OS. The zero-order chi connectivity index (χ0) is 14.0. The van der Waals surface area contributed by atoms with Crippen LogP contribution >= 0.6 is 12.2 Å². The molecule has 1 aliphatic rings. The minimum Gasteiger partial charge on any atom is -0.392 e. The second kappa shape index (κ2) is 5.61. The van der Waals surface area contributed by atoms with Crippen molar-refractivity contribution >= 4 is 23.1 Å². The van der Waals surface area contributed by atoms with Gasteiger partial charge in [0.05, 0.1) is 17.5 Å². The molecule has 0 bridgehead atoms. The second-order valence-electron chi connectivity index (χ2n) is 4.70. The highest BCUT2D eigenvalue weighted by Gasteiger charge is 2.34. The molecule has 0 saturated heterocycles. The van der Waals surface area contributed by atoms with E-state index in [2.05, 4.69) is 5.32 Å². The fourth-order valence-corrected chi connectivity index (χ4v) is 2.16. The van der Waals surface area contributed by atoms with E-state index in [4.69, 9.17) is 18.0 Å². The molecule has 102 valence electrons. The fraction of sp³-hybridized carbons (Fsp3) is 0.385. The molecule has 1 fully saturated rings. The third-order valence-electron chi connectivity index (χ3n) is 3.08. The van der Waals surface area contributed by atoms with E-state index in [0.29, 0.717) is 5.92 Å². The largest absolute Gasteiger partial charge is 0.392 e. The average Bonchev–Trinajstić information content (AvgIpc) is 3.13. The second-order valence-corrected chi connectivity index (χ2v) is 5.17. The summed E-state index contributed by atoms with van der Waals surface area (Å²) in [4.78, 5) is 12.1. The van der Waals surface area contributed by atoms with Crippen molar-refractivity contribution in [1.82, 2.24) is 5.32 Å². The number of halogens is 2. The van der Waals surface area contributed by atoms with E-state index >= 15 is 0 Å². The highest BCUT2D eigenvalue weighted by atomic mass is 32.1. The normalized spacial score (nSPS) is 15.9. The topological polar surface area (TPSA) is 55.1 Å². The van der Waals surface area contributed by atoms with Crippen LogP contribution in [-0.2, 0) is 11.2 Å². The highest BCUT2D eigenvalue weighted by Crippen LogP contribution is 2.32. The Kier molecular flexibility index (Phi) is 4.09. The first-order chi connectivity index (χ1) is 8.97. The van der Waals surface area contributed by atoms with Crippen molar-refractivity contribution in [3.05, 3.63) is 35.4 Å². The molecule has 0 aliphatic heterocycles. The molecule has 0 aromatic heterocycles. The number of nitrogens with one attached hydrogen (secondary N) is 1. The van der Waals surface area contributed by atoms with Crippen molar-refractivity contribution < 1.29 is 13.6 Å². The molecule has 1 atom stereocenters. The van der Waals surface area contributed by atoms with Gasteiger partial charge in [0.1, 0.15) is 11.6 Å². The Hall–Kier alpha value is -1.56. The minimum atomic E-state index is -0.728. The Morgan fingerprint density at radius 2 is 2.16 bits per heavy atom. The van der Waals surface area contributed by atoms with E-state index in [9.17, 15) is 13.6 Å². The third kappa shape index (κ3) is 3.70. The van der Waals surface area contributed by atoms with Gasteiger partial charge >= 0.3 is 0 Å². The summed E-state index contributed by atoms with van der Waals surface area (Å²) in [6.45, 7) is 0. The van der Waals surface area contributed by atoms with Crippen LogP contribution in [0.15, 0.2) is 18.2 Å². The van der Waals surface area contributed by atoms with E-state index < -0.39 is 11.6 Å². The Bertz CT molecular complexity index is 517. The molecule has 3 N–H and O–H groups in total. The number of rotatable bonds is 5. The molecule has 1 unspecified atom stereocenters. The molecule has 1 aliphatic carbocycles. The number of hydrogen-bond acceptors (Lipinski definition) is 2. The number of benzene rings is 1. The molecular weight excluding hydrogens is 270 g/mol. The molecule has 1 aromatic rings. The molecule has 1 amide bonds. The van der Waals surface area contributed by atoms with Crippen molar-refractivity contribution in [2.24, 2.45) is 11.7 Å². The van der Waals surface area contributed by atoms with E-state index in [-0.39, 0.29) is 28.9 Å². The number of carbonyl (C=O) groups is 1. The monoisotopic (exact) mass is 284 g/mol. The zero-order valence-corrected chi connectivity index (χ0v) is 11.0. The highest BCUT2D eigenvalue weighted by molar-refractivity contribution is 7.80. The molecule has 0 radical (unpaired) electrons. The third-order valence-corrected chi connectivity index (χ3v) is 3.34. The molecule has 1 saturated carbocycles. The van der Waals surface area contributed by atoms with E-state index in [1.807, 2.05) is 0 Å². The lowest BCUT2D eigenvalue weighted by Crippen LogP contribution is -2.45. The smallest absolute Gasteiger partial charge is 0.225 e. The maximum absolute atomic E-state index is 13.4. The Labute approximate surface area is 115 Å². The lowest BCUT2D eigenvalue weighted by atomic mass is 10.1. The predicted octanol–water partition coefficient (Wildman–Crippen LogP) is 1.69. The van der Waals surface area contributed by atoms with Crippen molar-refractivity contribution in [2.45, 2.75) is 25.3 Å². The van der Waals surface area contributed by atoms with Crippen molar-refractivity contribution in [3.8, 4) is 0 Å². The SMILES string of the molecule is NC(=S)C(NC(=O)Cc1ccc(F)cc1F)C1CC1. The molecule has 3 nitrogen and oxygen atoms in total. The molecule has 1 aromatic carbocycles. The van der Waals surface area contributed by atoms with Gasteiger partial charge in [-0.1, -0.05) is 18.3 Å². The lowest BCUT2D eigenvalue weighted by Gasteiger charge is -2.16. The fourth-order valence-electron chi connectivity index (χ4n) is 1.91. The van der Waals surface area contributed by atoms with Gasteiger partial charge in [0, 0.05) is 6.07 Å². The van der Waals surface area contributed by atoms with Crippen LogP contribution in [0.2, 0.25) is 0 Å². The molecule has 0 heterocycles.